The zero-order valence-corrected chi connectivity index (χ0v) is 9.12. The molecule has 1 aromatic rings. The van der Waals surface area contributed by atoms with Crippen LogP contribution in [0.5, 0.6) is 0 Å². The summed E-state index contributed by atoms with van der Waals surface area (Å²) in [6.07, 6.45) is 3.50. The van der Waals surface area contributed by atoms with Gasteiger partial charge in [0.1, 0.15) is 6.42 Å². The lowest BCUT2D eigenvalue weighted by Gasteiger charge is -2.05. The van der Waals surface area contributed by atoms with Gasteiger partial charge >= 0.3 is 0 Å². The van der Waals surface area contributed by atoms with Crippen LogP contribution >= 0.6 is 0 Å². The molecule has 1 aromatic carbocycles. The average Bonchev–Trinajstić information content (AvgIpc) is 2.74. The summed E-state index contributed by atoms with van der Waals surface area (Å²) in [5, 5.41) is 11.1. The van der Waals surface area contributed by atoms with Crippen LogP contribution in [0, 0.1) is 11.3 Å². The summed E-state index contributed by atoms with van der Waals surface area (Å²) in [5.41, 5.74) is 3.96. The number of rotatable bonds is 3. The molecule has 0 bridgehead atoms. The van der Waals surface area contributed by atoms with Crippen molar-refractivity contribution >= 4 is 5.91 Å². The first-order valence-corrected chi connectivity index (χ1v) is 5.54. The molecule has 0 fully saturated rings. The zero-order valence-electron chi connectivity index (χ0n) is 9.12. The maximum absolute atomic E-state index is 11.1. The first kappa shape index (κ1) is 10.7. The lowest BCUT2D eigenvalue weighted by Crippen LogP contribution is -2.21. The molecule has 16 heavy (non-hydrogen) atoms. The minimum Gasteiger partial charge on any atom is -0.351 e. The van der Waals surface area contributed by atoms with Gasteiger partial charge in [-0.15, -0.1) is 0 Å². The van der Waals surface area contributed by atoms with Crippen LogP contribution in [0.2, 0.25) is 0 Å². The first-order valence-electron chi connectivity index (χ1n) is 5.54. The molecule has 3 nitrogen and oxygen atoms in total. The highest BCUT2D eigenvalue weighted by atomic mass is 16.1. The van der Waals surface area contributed by atoms with Gasteiger partial charge in [-0.3, -0.25) is 4.79 Å². The molecule has 2 rings (SSSR count). The largest absolute Gasteiger partial charge is 0.351 e. The van der Waals surface area contributed by atoms with E-state index in [1.165, 1.54) is 24.0 Å². The first-order chi connectivity index (χ1) is 7.79. The summed E-state index contributed by atoms with van der Waals surface area (Å²) >= 11 is 0. The molecular weight excluding hydrogens is 200 g/mol. The van der Waals surface area contributed by atoms with Crippen LogP contribution in [0.1, 0.15) is 29.5 Å². The molecule has 0 atom stereocenters. The van der Waals surface area contributed by atoms with Gasteiger partial charge in [-0.25, -0.2) is 0 Å². The summed E-state index contributed by atoms with van der Waals surface area (Å²) < 4.78 is 0. The van der Waals surface area contributed by atoms with Crippen LogP contribution in [0.3, 0.4) is 0 Å². The van der Waals surface area contributed by atoms with E-state index in [1.54, 1.807) is 0 Å². The summed E-state index contributed by atoms with van der Waals surface area (Å²) in [6, 6.07) is 8.19. The van der Waals surface area contributed by atoms with Gasteiger partial charge in [0.25, 0.3) is 0 Å². The van der Waals surface area contributed by atoms with E-state index in [9.17, 15) is 4.79 Å². The van der Waals surface area contributed by atoms with E-state index in [0.29, 0.717) is 6.54 Å². The number of benzene rings is 1. The number of nitriles is 1. The highest BCUT2D eigenvalue weighted by Gasteiger charge is 2.10. The molecule has 0 aliphatic heterocycles. The van der Waals surface area contributed by atoms with Crippen LogP contribution in [0.25, 0.3) is 0 Å². The van der Waals surface area contributed by atoms with Crippen LogP contribution in [-0.2, 0) is 24.2 Å². The van der Waals surface area contributed by atoms with Crippen molar-refractivity contribution in [2.24, 2.45) is 0 Å². The topological polar surface area (TPSA) is 52.9 Å². The van der Waals surface area contributed by atoms with Crippen molar-refractivity contribution in [2.75, 3.05) is 0 Å². The van der Waals surface area contributed by atoms with Gasteiger partial charge < -0.3 is 5.32 Å². The average molecular weight is 214 g/mol. The number of aryl methyl sites for hydroxylation is 2. The Hall–Kier alpha value is -1.82. The van der Waals surface area contributed by atoms with Gasteiger partial charge in [-0.1, -0.05) is 18.2 Å². The number of carbonyl (C=O) groups is 1. The minimum atomic E-state index is -0.206. The predicted molar refractivity (Wildman–Crippen MR) is 60.5 cm³/mol. The maximum atomic E-state index is 11.1. The van der Waals surface area contributed by atoms with E-state index in [0.717, 1.165) is 12.0 Å². The van der Waals surface area contributed by atoms with Crippen molar-refractivity contribution in [1.82, 2.24) is 5.32 Å². The van der Waals surface area contributed by atoms with Gasteiger partial charge in [-0.05, 0) is 36.0 Å². The van der Waals surface area contributed by atoms with Crippen LogP contribution in [0.4, 0.5) is 0 Å². The van der Waals surface area contributed by atoms with E-state index in [1.807, 2.05) is 6.07 Å². The fraction of sp³-hybridized carbons (Fsp3) is 0.385. The quantitative estimate of drug-likeness (QED) is 0.832. The molecule has 0 spiro atoms. The standard InChI is InChI=1S/C13H14N2O/c14-7-6-13(16)15-9-10-4-5-11-2-1-3-12(11)8-10/h4-5,8H,1-3,6,9H2,(H,15,16). The molecule has 1 aliphatic rings. The van der Waals surface area contributed by atoms with E-state index < -0.39 is 0 Å². The lowest BCUT2D eigenvalue weighted by molar-refractivity contribution is -0.120. The number of amides is 1. The zero-order chi connectivity index (χ0) is 11.4. The maximum Gasteiger partial charge on any atom is 0.234 e. The van der Waals surface area contributed by atoms with Gasteiger partial charge in [0.05, 0.1) is 6.07 Å². The molecule has 0 saturated heterocycles. The number of hydrogen-bond acceptors (Lipinski definition) is 2. The minimum absolute atomic E-state index is 0.0645. The van der Waals surface area contributed by atoms with E-state index in [-0.39, 0.29) is 12.3 Å². The predicted octanol–water partition coefficient (Wildman–Crippen LogP) is 1.71. The fourth-order valence-electron chi connectivity index (χ4n) is 2.07. The Balaban J connectivity index is 1.96. The number of carbonyl (C=O) groups excluding carboxylic acids is 1. The van der Waals surface area contributed by atoms with Crippen molar-refractivity contribution in [2.45, 2.75) is 32.2 Å². The third-order valence-electron chi connectivity index (χ3n) is 2.89. The molecule has 1 amide bonds. The molecule has 1 N–H and O–H groups in total. The SMILES string of the molecule is N#CCC(=O)NCc1ccc2c(c1)CCC2. The second-order valence-electron chi connectivity index (χ2n) is 4.07. The summed E-state index contributed by atoms with van der Waals surface area (Å²) in [7, 11) is 0. The Labute approximate surface area is 95.1 Å². The third-order valence-corrected chi connectivity index (χ3v) is 2.89. The Morgan fingerprint density at radius 2 is 2.19 bits per heavy atom. The van der Waals surface area contributed by atoms with Crippen LogP contribution < -0.4 is 5.32 Å². The number of hydrogen-bond donors (Lipinski definition) is 1. The molecule has 1 aliphatic carbocycles. The third kappa shape index (κ3) is 2.40. The molecule has 0 aromatic heterocycles. The van der Waals surface area contributed by atoms with Gasteiger partial charge in [-0.2, -0.15) is 5.26 Å². The Kier molecular flexibility index (Phi) is 3.21. The molecule has 0 heterocycles. The fourth-order valence-corrected chi connectivity index (χ4v) is 2.07. The smallest absolute Gasteiger partial charge is 0.234 e. The highest BCUT2D eigenvalue weighted by Crippen LogP contribution is 2.22. The Bertz CT molecular complexity index is 446. The normalized spacial score (nSPS) is 12.9. The van der Waals surface area contributed by atoms with Crippen molar-refractivity contribution in [3.8, 4) is 6.07 Å². The summed E-state index contributed by atoms with van der Waals surface area (Å²) in [5.74, 6) is -0.206. The van der Waals surface area contributed by atoms with Crippen LogP contribution in [0.15, 0.2) is 18.2 Å². The van der Waals surface area contributed by atoms with E-state index in [4.69, 9.17) is 5.26 Å². The molecular formula is C13H14N2O. The van der Waals surface area contributed by atoms with Crippen molar-refractivity contribution in [3.05, 3.63) is 34.9 Å². The molecule has 0 unspecified atom stereocenters. The molecule has 0 radical (unpaired) electrons. The molecule has 0 saturated carbocycles. The second kappa shape index (κ2) is 4.80. The van der Waals surface area contributed by atoms with Gasteiger partial charge in [0, 0.05) is 6.54 Å². The summed E-state index contributed by atoms with van der Waals surface area (Å²) in [6.45, 7) is 0.522. The second-order valence-corrected chi connectivity index (χ2v) is 4.07. The van der Waals surface area contributed by atoms with Gasteiger partial charge in [0.2, 0.25) is 5.91 Å². The lowest BCUT2D eigenvalue weighted by atomic mass is 10.1. The summed E-state index contributed by atoms with van der Waals surface area (Å²) in [4.78, 5) is 11.1. The van der Waals surface area contributed by atoms with Crippen molar-refractivity contribution < 1.29 is 4.79 Å². The molecule has 82 valence electrons. The van der Waals surface area contributed by atoms with Crippen molar-refractivity contribution in [3.63, 3.8) is 0 Å². The Morgan fingerprint density at radius 3 is 3.00 bits per heavy atom. The van der Waals surface area contributed by atoms with Crippen LogP contribution in [-0.4, -0.2) is 5.91 Å². The monoisotopic (exact) mass is 214 g/mol. The molecule has 3 heteroatoms. The number of nitrogens with zero attached hydrogens (tertiary/aromatic N) is 1. The number of nitrogens with one attached hydrogen (secondary N) is 1. The highest BCUT2D eigenvalue weighted by molar-refractivity contribution is 5.77. The van der Waals surface area contributed by atoms with E-state index >= 15 is 0 Å². The Morgan fingerprint density at radius 1 is 1.38 bits per heavy atom. The van der Waals surface area contributed by atoms with Crippen molar-refractivity contribution in [1.29, 1.82) is 5.26 Å². The van der Waals surface area contributed by atoms with E-state index in [2.05, 4.69) is 23.5 Å². The number of fused-ring (bicyclic) bond motifs is 1. The van der Waals surface area contributed by atoms with Gasteiger partial charge in [0.15, 0.2) is 0 Å².